The Bertz CT molecular complexity index is 601. The fourth-order valence-electron chi connectivity index (χ4n) is 2.03. The van der Waals surface area contributed by atoms with Gasteiger partial charge >= 0.3 is 0 Å². The molecule has 0 spiro atoms. The largest absolute Gasteiger partial charge is 0.493 e. The van der Waals surface area contributed by atoms with Crippen LogP contribution in [0.4, 0.5) is 0 Å². The Labute approximate surface area is 134 Å². The van der Waals surface area contributed by atoms with E-state index in [-0.39, 0.29) is 0 Å². The fraction of sp³-hybridized carbons (Fsp3) is 0.400. The van der Waals surface area contributed by atoms with E-state index in [0.29, 0.717) is 23.1 Å². The van der Waals surface area contributed by atoms with Gasteiger partial charge in [0.1, 0.15) is 0 Å². The third kappa shape index (κ3) is 4.09. The van der Waals surface area contributed by atoms with E-state index in [1.54, 1.807) is 18.4 Å². The quantitative estimate of drug-likeness (QED) is 0.846. The molecular weight excluding hydrogens is 308 g/mol. The van der Waals surface area contributed by atoms with Gasteiger partial charge in [-0.3, -0.25) is 0 Å². The van der Waals surface area contributed by atoms with Gasteiger partial charge in [0, 0.05) is 17.8 Å². The summed E-state index contributed by atoms with van der Waals surface area (Å²) in [6.45, 7) is 3.28. The van der Waals surface area contributed by atoms with Crippen LogP contribution in [0.15, 0.2) is 17.6 Å². The van der Waals surface area contributed by atoms with E-state index >= 15 is 0 Å². The highest BCUT2D eigenvalue weighted by Crippen LogP contribution is 2.36. The van der Waals surface area contributed by atoms with Gasteiger partial charge in [-0.1, -0.05) is 11.6 Å². The first-order chi connectivity index (χ1) is 10.2. The van der Waals surface area contributed by atoms with Crippen LogP contribution in [0.3, 0.4) is 0 Å². The topological polar surface area (TPSA) is 43.4 Å². The summed E-state index contributed by atoms with van der Waals surface area (Å²) < 4.78 is 11.2. The van der Waals surface area contributed by atoms with Crippen LogP contribution in [-0.2, 0) is 13.0 Å². The number of aryl methyl sites for hydroxylation is 1. The summed E-state index contributed by atoms with van der Waals surface area (Å²) in [5.41, 5.74) is 3.97. The molecule has 0 saturated carbocycles. The van der Waals surface area contributed by atoms with Crippen molar-refractivity contribution in [3.8, 4) is 11.5 Å². The molecule has 0 atom stereocenters. The summed E-state index contributed by atoms with van der Waals surface area (Å²) in [6.07, 6.45) is 0.814. The number of aromatic nitrogens is 1. The molecule has 0 bridgehead atoms. The highest BCUT2D eigenvalue weighted by molar-refractivity contribution is 7.09. The van der Waals surface area contributed by atoms with Crippen LogP contribution in [0, 0.1) is 6.92 Å². The third-order valence-electron chi connectivity index (χ3n) is 3.09. The van der Waals surface area contributed by atoms with Crippen molar-refractivity contribution < 1.29 is 9.47 Å². The number of benzene rings is 1. The number of rotatable bonds is 7. The predicted octanol–water partition coefficient (Wildman–Crippen LogP) is 3.45. The molecule has 0 aliphatic heterocycles. The number of hydrogen-bond acceptors (Lipinski definition) is 5. The van der Waals surface area contributed by atoms with E-state index in [2.05, 4.69) is 10.3 Å². The third-order valence-corrected chi connectivity index (χ3v) is 4.37. The normalized spacial score (nSPS) is 10.7. The molecule has 1 aromatic carbocycles. The molecule has 0 aliphatic rings. The Morgan fingerprint density at radius 2 is 2.19 bits per heavy atom. The SMILES string of the molecule is CNCc1cc(Cl)c(OCCc2scnc2C)c(OC)c1. The van der Waals surface area contributed by atoms with Gasteiger partial charge in [0.15, 0.2) is 11.5 Å². The minimum absolute atomic E-state index is 0.546. The molecule has 0 amide bonds. The second kappa shape index (κ2) is 7.64. The molecule has 0 unspecified atom stereocenters. The smallest absolute Gasteiger partial charge is 0.179 e. The maximum atomic E-state index is 6.30. The number of halogens is 1. The molecule has 21 heavy (non-hydrogen) atoms. The maximum Gasteiger partial charge on any atom is 0.179 e. The van der Waals surface area contributed by atoms with E-state index in [0.717, 1.165) is 24.2 Å². The molecular formula is C15H19ClN2O2S. The summed E-state index contributed by atoms with van der Waals surface area (Å²) in [4.78, 5) is 5.46. The van der Waals surface area contributed by atoms with Crippen LogP contribution in [0.1, 0.15) is 16.1 Å². The highest BCUT2D eigenvalue weighted by Gasteiger charge is 2.12. The first-order valence-corrected chi connectivity index (χ1v) is 7.94. The average Bonchev–Trinajstić information content (AvgIpc) is 2.86. The maximum absolute atomic E-state index is 6.30. The lowest BCUT2D eigenvalue weighted by molar-refractivity contribution is 0.298. The molecule has 0 aliphatic carbocycles. The zero-order valence-corrected chi connectivity index (χ0v) is 14.0. The van der Waals surface area contributed by atoms with E-state index in [1.165, 1.54) is 4.88 Å². The Hall–Kier alpha value is -1.30. The molecule has 6 heteroatoms. The average molecular weight is 327 g/mol. The lowest BCUT2D eigenvalue weighted by atomic mass is 10.2. The minimum atomic E-state index is 0.546. The molecule has 2 rings (SSSR count). The van der Waals surface area contributed by atoms with E-state index in [9.17, 15) is 0 Å². The van der Waals surface area contributed by atoms with Gasteiger partial charge in [0.05, 0.1) is 29.9 Å². The summed E-state index contributed by atoms with van der Waals surface area (Å²) in [5.74, 6) is 1.26. The van der Waals surface area contributed by atoms with Crippen molar-refractivity contribution in [2.45, 2.75) is 19.9 Å². The number of hydrogen-bond donors (Lipinski definition) is 1. The zero-order chi connectivity index (χ0) is 15.2. The van der Waals surface area contributed by atoms with Gasteiger partial charge in [0.25, 0.3) is 0 Å². The van der Waals surface area contributed by atoms with Crippen molar-refractivity contribution in [1.29, 1.82) is 0 Å². The lowest BCUT2D eigenvalue weighted by Crippen LogP contribution is -2.07. The van der Waals surface area contributed by atoms with Crippen LogP contribution < -0.4 is 14.8 Å². The van der Waals surface area contributed by atoms with Gasteiger partial charge in [0.2, 0.25) is 0 Å². The first-order valence-electron chi connectivity index (χ1n) is 6.68. The predicted molar refractivity (Wildman–Crippen MR) is 86.8 cm³/mol. The van der Waals surface area contributed by atoms with Crippen molar-refractivity contribution in [3.05, 3.63) is 38.8 Å². The Balaban J connectivity index is 2.06. The molecule has 2 aromatic rings. The second-order valence-corrected chi connectivity index (χ2v) is 5.95. The van der Waals surface area contributed by atoms with Crippen molar-refractivity contribution in [2.75, 3.05) is 20.8 Å². The van der Waals surface area contributed by atoms with Gasteiger partial charge < -0.3 is 14.8 Å². The summed E-state index contributed by atoms with van der Waals surface area (Å²) in [6, 6.07) is 3.84. The van der Waals surface area contributed by atoms with Crippen LogP contribution >= 0.6 is 22.9 Å². The number of nitrogens with zero attached hydrogens (tertiary/aromatic N) is 1. The monoisotopic (exact) mass is 326 g/mol. The molecule has 1 heterocycles. The van der Waals surface area contributed by atoms with Crippen LogP contribution in [-0.4, -0.2) is 25.7 Å². The molecule has 0 radical (unpaired) electrons. The summed E-state index contributed by atoms with van der Waals surface area (Å²) in [7, 11) is 3.51. The van der Waals surface area contributed by atoms with Gasteiger partial charge in [-0.2, -0.15) is 0 Å². The second-order valence-electron chi connectivity index (χ2n) is 4.60. The molecule has 1 aromatic heterocycles. The standard InChI is InChI=1S/C15H19ClN2O2S/c1-10-14(21-9-18-10)4-5-20-15-12(16)6-11(8-17-2)7-13(15)19-3/h6-7,9,17H,4-5,8H2,1-3H3. The van der Waals surface area contributed by atoms with E-state index in [4.69, 9.17) is 21.1 Å². The van der Waals surface area contributed by atoms with Crippen molar-refractivity contribution in [2.24, 2.45) is 0 Å². The van der Waals surface area contributed by atoms with Crippen LogP contribution in [0.25, 0.3) is 0 Å². The number of methoxy groups -OCH3 is 1. The summed E-state index contributed by atoms with van der Waals surface area (Å²) in [5, 5.41) is 3.66. The van der Waals surface area contributed by atoms with Gasteiger partial charge in [-0.15, -0.1) is 11.3 Å². The lowest BCUT2D eigenvalue weighted by Gasteiger charge is -2.14. The highest BCUT2D eigenvalue weighted by atomic mass is 35.5. The fourth-order valence-corrected chi connectivity index (χ4v) is 3.08. The molecule has 114 valence electrons. The van der Waals surface area contributed by atoms with Crippen molar-refractivity contribution in [1.82, 2.24) is 10.3 Å². The molecule has 0 saturated heterocycles. The molecule has 1 N–H and O–H groups in total. The van der Waals surface area contributed by atoms with E-state index in [1.807, 2.05) is 31.6 Å². The number of ether oxygens (including phenoxy) is 2. The Morgan fingerprint density at radius 3 is 2.81 bits per heavy atom. The minimum Gasteiger partial charge on any atom is -0.493 e. The number of nitrogens with one attached hydrogen (secondary N) is 1. The Morgan fingerprint density at radius 1 is 1.38 bits per heavy atom. The van der Waals surface area contributed by atoms with E-state index < -0.39 is 0 Å². The van der Waals surface area contributed by atoms with Crippen molar-refractivity contribution in [3.63, 3.8) is 0 Å². The summed E-state index contributed by atoms with van der Waals surface area (Å²) >= 11 is 7.94. The first kappa shape index (κ1) is 16.1. The zero-order valence-electron chi connectivity index (χ0n) is 12.4. The van der Waals surface area contributed by atoms with Gasteiger partial charge in [-0.25, -0.2) is 4.98 Å². The van der Waals surface area contributed by atoms with Crippen LogP contribution in [0.2, 0.25) is 5.02 Å². The van der Waals surface area contributed by atoms with Crippen molar-refractivity contribution >= 4 is 22.9 Å². The Kier molecular flexibility index (Phi) is 5.85. The molecule has 4 nitrogen and oxygen atoms in total. The van der Waals surface area contributed by atoms with Gasteiger partial charge in [-0.05, 0) is 31.7 Å². The molecule has 0 fully saturated rings. The number of thiazole rings is 1. The van der Waals surface area contributed by atoms with Crippen LogP contribution in [0.5, 0.6) is 11.5 Å².